The topological polar surface area (TPSA) is 82.1 Å². The Labute approximate surface area is 263 Å². The molecule has 8 heteroatoms. The minimum Gasteiger partial charge on any atom is -0.493 e. The van der Waals surface area contributed by atoms with Crippen molar-refractivity contribution in [3.63, 3.8) is 0 Å². The van der Waals surface area contributed by atoms with Crippen molar-refractivity contribution in [1.29, 1.82) is 0 Å². The summed E-state index contributed by atoms with van der Waals surface area (Å²) < 4.78 is 44.0. The van der Waals surface area contributed by atoms with Gasteiger partial charge in [0.2, 0.25) is 0 Å². The van der Waals surface area contributed by atoms with Crippen LogP contribution in [0.25, 0.3) is 0 Å². The second kappa shape index (κ2) is 13.9. The maximum absolute atomic E-state index is 12.9. The van der Waals surface area contributed by atoms with Crippen LogP contribution in [0.5, 0.6) is 11.5 Å². The van der Waals surface area contributed by atoms with Crippen molar-refractivity contribution < 1.29 is 26.9 Å². The quantitative estimate of drug-likeness (QED) is 0.100. The van der Waals surface area contributed by atoms with Crippen LogP contribution < -0.4 is 19.3 Å². The second-order valence-corrected chi connectivity index (χ2v) is 17.7. The van der Waals surface area contributed by atoms with Crippen LogP contribution in [0.1, 0.15) is 50.8 Å². The van der Waals surface area contributed by atoms with E-state index in [0.717, 1.165) is 15.9 Å². The number of benzene rings is 4. The molecule has 0 saturated heterocycles. The Morgan fingerprint density at radius 3 is 1.93 bits per heavy atom. The van der Waals surface area contributed by atoms with Crippen molar-refractivity contribution in [2.24, 2.45) is 0 Å². The number of rotatable bonds is 13. The molecule has 0 aliphatic heterocycles. The van der Waals surface area contributed by atoms with E-state index in [2.05, 4.69) is 51.6 Å². The first-order valence-electron chi connectivity index (χ1n) is 14.7. The predicted molar refractivity (Wildman–Crippen MR) is 179 cm³/mol. The second-order valence-electron chi connectivity index (χ2n) is 11.9. The van der Waals surface area contributed by atoms with Gasteiger partial charge in [-0.15, -0.1) is 6.58 Å². The highest BCUT2D eigenvalue weighted by Gasteiger charge is 2.51. The molecule has 0 bridgehead atoms. The number of aryl methyl sites for hydroxylation is 1. The van der Waals surface area contributed by atoms with Gasteiger partial charge in [0.05, 0.1) is 19.3 Å². The molecule has 232 valence electrons. The third-order valence-electron chi connectivity index (χ3n) is 7.76. The van der Waals surface area contributed by atoms with Gasteiger partial charge in [-0.05, 0) is 58.6 Å². The molecule has 0 amide bonds. The molecule has 0 aliphatic carbocycles. The summed E-state index contributed by atoms with van der Waals surface area (Å²) in [4.78, 5) is 0.0435. The zero-order chi connectivity index (χ0) is 32.0. The average Bonchev–Trinajstić information content (AvgIpc) is 3.00. The lowest BCUT2D eigenvalue weighted by Crippen LogP contribution is -2.67. The minimum atomic E-state index is -4.08. The van der Waals surface area contributed by atoms with Crippen LogP contribution in [0.3, 0.4) is 0 Å². The molecular weight excluding hydrogens is 589 g/mol. The molecule has 6 nitrogen and oxygen atoms in total. The Morgan fingerprint density at radius 1 is 0.864 bits per heavy atom. The summed E-state index contributed by atoms with van der Waals surface area (Å²) in [5.74, 6) is 0.237. The highest BCUT2D eigenvalue weighted by molar-refractivity contribution is 7.87. The van der Waals surface area contributed by atoms with Gasteiger partial charge < -0.3 is 18.5 Å². The summed E-state index contributed by atoms with van der Waals surface area (Å²) in [7, 11) is -5.52. The van der Waals surface area contributed by atoms with Crippen LogP contribution in [-0.4, -0.2) is 35.1 Å². The third-order valence-corrected chi connectivity index (χ3v) is 14.1. The van der Waals surface area contributed by atoms with E-state index in [1.54, 1.807) is 24.3 Å². The van der Waals surface area contributed by atoms with Crippen LogP contribution in [0, 0.1) is 6.92 Å². The van der Waals surface area contributed by atoms with Gasteiger partial charge in [-0.1, -0.05) is 111 Å². The van der Waals surface area contributed by atoms with E-state index in [1.807, 2.05) is 49.4 Å². The first-order valence-corrected chi connectivity index (χ1v) is 18.0. The summed E-state index contributed by atoms with van der Waals surface area (Å²) >= 11 is 0. The highest BCUT2D eigenvalue weighted by atomic mass is 32.2. The first kappa shape index (κ1) is 33.2. The molecule has 4 rings (SSSR count). The molecule has 0 spiro atoms. The fourth-order valence-corrected chi connectivity index (χ4v) is 11.2. The molecule has 44 heavy (non-hydrogen) atoms. The Hall–Kier alpha value is -3.69. The molecule has 0 fully saturated rings. The molecule has 4 aromatic carbocycles. The molecule has 4 aromatic rings. The van der Waals surface area contributed by atoms with Crippen LogP contribution in [0.15, 0.2) is 121 Å². The average molecular weight is 631 g/mol. The number of aliphatic hydroxyl groups is 1. The lowest BCUT2D eigenvalue weighted by atomic mass is 10.0. The number of hydrogen-bond donors (Lipinski definition) is 1. The summed E-state index contributed by atoms with van der Waals surface area (Å²) in [5.41, 5.74) is 1.50. The SMILES string of the molecule is C=CC[C@H](C[C@H](O)c1ccc(OS(=O)(=O)c2ccc(C)cc2)c(OC)c1)O[Si](c1ccccc1)(c1ccccc1)C(C)(C)C. The van der Waals surface area contributed by atoms with Gasteiger partial charge in [-0.2, -0.15) is 8.42 Å². The number of methoxy groups -OCH3 is 1. The van der Waals surface area contributed by atoms with Crippen LogP contribution in [0.2, 0.25) is 5.04 Å². The Kier molecular flexibility index (Phi) is 10.5. The Balaban J connectivity index is 1.65. The molecule has 0 aliphatic rings. The van der Waals surface area contributed by atoms with Gasteiger partial charge in [-0.25, -0.2) is 0 Å². The van der Waals surface area contributed by atoms with E-state index in [4.69, 9.17) is 13.3 Å². The molecule has 0 aromatic heterocycles. The zero-order valence-corrected chi connectivity index (χ0v) is 27.9. The number of hydrogen-bond acceptors (Lipinski definition) is 6. The normalized spacial score (nSPS) is 13.6. The smallest absolute Gasteiger partial charge is 0.339 e. The molecule has 0 radical (unpaired) electrons. The van der Waals surface area contributed by atoms with Gasteiger partial charge in [0.1, 0.15) is 4.90 Å². The predicted octanol–water partition coefficient (Wildman–Crippen LogP) is 6.72. The van der Waals surface area contributed by atoms with E-state index in [0.29, 0.717) is 18.4 Å². The van der Waals surface area contributed by atoms with Crippen molar-refractivity contribution in [2.45, 2.75) is 62.7 Å². The monoisotopic (exact) mass is 630 g/mol. The maximum atomic E-state index is 12.9. The van der Waals surface area contributed by atoms with E-state index < -0.39 is 24.5 Å². The van der Waals surface area contributed by atoms with E-state index in [-0.39, 0.29) is 27.5 Å². The van der Waals surface area contributed by atoms with E-state index in [1.165, 1.54) is 25.3 Å². The van der Waals surface area contributed by atoms with Crippen LogP contribution >= 0.6 is 0 Å². The van der Waals surface area contributed by atoms with Crippen LogP contribution in [-0.2, 0) is 14.5 Å². The van der Waals surface area contributed by atoms with Gasteiger partial charge >= 0.3 is 10.1 Å². The van der Waals surface area contributed by atoms with Crippen molar-refractivity contribution in [3.05, 3.63) is 127 Å². The van der Waals surface area contributed by atoms with Gasteiger partial charge in [0, 0.05) is 6.42 Å². The molecule has 2 atom stereocenters. The van der Waals surface area contributed by atoms with Crippen molar-refractivity contribution >= 4 is 28.8 Å². The van der Waals surface area contributed by atoms with E-state index in [9.17, 15) is 13.5 Å². The Morgan fingerprint density at radius 2 is 1.43 bits per heavy atom. The molecule has 1 N–H and O–H groups in total. The molecule has 0 unspecified atom stereocenters. The van der Waals surface area contributed by atoms with Gasteiger partial charge in [0.25, 0.3) is 8.32 Å². The van der Waals surface area contributed by atoms with Gasteiger partial charge in [-0.3, -0.25) is 0 Å². The largest absolute Gasteiger partial charge is 0.493 e. The number of ether oxygens (including phenoxy) is 1. The minimum absolute atomic E-state index is 0.0372. The fourth-order valence-electron chi connectivity index (χ4n) is 5.54. The third kappa shape index (κ3) is 7.33. The zero-order valence-electron chi connectivity index (χ0n) is 26.1. The van der Waals surface area contributed by atoms with Crippen molar-refractivity contribution in [2.75, 3.05) is 7.11 Å². The maximum Gasteiger partial charge on any atom is 0.339 e. The molecule has 0 heterocycles. The summed E-state index contributed by atoms with van der Waals surface area (Å²) in [6.07, 6.45) is 1.38. The lowest BCUT2D eigenvalue weighted by Gasteiger charge is -2.45. The molecular formula is C36H42O6SSi. The fraction of sp³-hybridized carbons (Fsp3) is 0.278. The number of aliphatic hydroxyl groups excluding tert-OH is 1. The van der Waals surface area contributed by atoms with Crippen molar-refractivity contribution in [3.8, 4) is 11.5 Å². The van der Waals surface area contributed by atoms with Gasteiger partial charge in [0.15, 0.2) is 11.5 Å². The highest BCUT2D eigenvalue weighted by Crippen LogP contribution is 2.40. The summed E-state index contributed by atoms with van der Waals surface area (Å²) in [6.45, 7) is 12.5. The summed E-state index contributed by atoms with van der Waals surface area (Å²) in [6, 6.07) is 31.9. The summed E-state index contributed by atoms with van der Waals surface area (Å²) in [5, 5.41) is 13.6. The van der Waals surface area contributed by atoms with Crippen LogP contribution in [0.4, 0.5) is 0 Å². The molecule has 0 saturated carbocycles. The van der Waals surface area contributed by atoms with Crippen molar-refractivity contribution in [1.82, 2.24) is 0 Å². The standard InChI is InChI=1S/C36H42O6SSi/c1-7-14-29(42-44(36(3,4)5,31-15-10-8-11-16-31)32-17-12-9-13-18-32)26-33(37)28-21-24-34(35(25-28)40-6)41-43(38,39)30-22-19-27(2)20-23-30/h7-13,15-25,29,33,37H,1,14,26H2,2-6H3/t29-,33+/m1/s1. The first-order chi connectivity index (χ1) is 20.9. The van der Waals surface area contributed by atoms with E-state index >= 15 is 0 Å². The lowest BCUT2D eigenvalue weighted by molar-refractivity contribution is 0.0900. The Bertz CT molecular complexity index is 1590.